The van der Waals surface area contributed by atoms with E-state index in [2.05, 4.69) is 11.8 Å². The molecule has 1 saturated heterocycles. The van der Waals surface area contributed by atoms with Crippen LogP contribution in [0, 0.1) is 11.8 Å². The van der Waals surface area contributed by atoms with E-state index in [0.717, 1.165) is 32.4 Å². The van der Waals surface area contributed by atoms with Crippen molar-refractivity contribution in [2.75, 3.05) is 13.1 Å². The molecule has 2 fully saturated rings. The van der Waals surface area contributed by atoms with Crippen LogP contribution in [0.4, 0.5) is 13.2 Å². The molecule has 1 saturated carbocycles. The van der Waals surface area contributed by atoms with Crippen LogP contribution in [-0.4, -0.2) is 36.2 Å². The molecule has 0 aromatic carbocycles. The first kappa shape index (κ1) is 15.1. The quantitative estimate of drug-likeness (QED) is 0.840. The fourth-order valence-corrected chi connectivity index (χ4v) is 3.63. The first-order valence-electron chi connectivity index (χ1n) is 7.48. The Hall–Kier alpha value is -0.290. The molecule has 0 bridgehead atoms. The van der Waals surface area contributed by atoms with E-state index in [9.17, 15) is 13.2 Å². The van der Waals surface area contributed by atoms with Crippen LogP contribution >= 0.6 is 0 Å². The van der Waals surface area contributed by atoms with Crippen LogP contribution in [-0.2, 0) is 0 Å². The second kappa shape index (κ2) is 6.00. The highest BCUT2D eigenvalue weighted by Crippen LogP contribution is 2.39. The maximum Gasteiger partial charge on any atom is 0.391 e. The van der Waals surface area contributed by atoms with Crippen molar-refractivity contribution in [2.45, 2.75) is 63.7 Å². The summed E-state index contributed by atoms with van der Waals surface area (Å²) in [5.74, 6) is -0.651. The molecule has 1 aliphatic carbocycles. The van der Waals surface area contributed by atoms with E-state index >= 15 is 0 Å². The fourth-order valence-electron chi connectivity index (χ4n) is 3.63. The maximum absolute atomic E-state index is 12.8. The molecule has 2 nitrogen and oxygen atoms in total. The van der Waals surface area contributed by atoms with Gasteiger partial charge in [0.2, 0.25) is 0 Å². The lowest BCUT2D eigenvalue weighted by atomic mass is 9.82. The molecule has 0 aromatic heterocycles. The maximum atomic E-state index is 12.8. The fraction of sp³-hybridized carbons (Fsp3) is 1.00. The number of piperidine rings is 1. The topological polar surface area (TPSA) is 29.3 Å². The molecule has 4 unspecified atom stereocenters. The van der Waals surface area contributed by atoms with Gasteiger partial charge in [-0.3, -0.25) is 4.90 Å². The number of nitrogens with zero attached hydrogens (tertiary/aromatic N) is 1. The van der Waals surface area contributed by atoms with E-state index in [1.165, 1.54) is 0 Å². The molecule has 2 aliphatic rings. The summed E-state index contributed by atoms with van der Waals surface area (Å²) in [6, 6.07) is 0.338. The predicted molar refractivity (Wildman–Crippen MR) is 69.7 cm³/mol. The van der Waals surface area contributed by atoms with Crippen molar-refractivity contribution in [1.82, 2.24) is 4.90 Å². The summed E-state index contributed by atoms with van der Waals surface area (Å²) in [5, 5.41) is 0. The summed E-state index contributed by atoms with van der Waals surface area (Å²) in [6.07, 6.45) is 0.139. The Bertz CT molecular complexity index is 293. The standard InChI is InChI=1S/C14H25F3N2/c1-2-10-9-19(7-6-13(10)18)12-5-3-4-11(8-12)14(15,16)17/h10-13H,2-9,18H2,1H3. The van der Waals surface area contributed by atoms with Crippen LogP contribution in [0.2, 0.25) is 0 Å². The van der Waals surface area contributed by atoms with E-state index in [4.69, 9.17) is 5.73 Å². The second-order valence-corrected chi connectivity index (χ2v) is 6.17. The Balaban J connectivity index is 1.94. The molecule has 112 valence electrons. The zero-order valence-electron chi connectivity index (χ0n) is 11.6. The lowest BCUT2D eigenvalue weighted by Crippen LogP contribution is -2.52. The summed E-state index contributed by atoms with van der Waals surface area (Å²) < 4.78 is 38.5. The molecule has 2 N–H and O–H groups in total. The average Bonchev–Trinajstić information content (AvgIpc) is 2.38. The summed E-state index contributed by atoms with van der Waals surface area (Å²) in [5.41, 5.74) is 6.07. The highest BCUT2D eigenvalue weighted by atomic mass is 19.4. The van der Waals surface area contributed by atoms with Gasteiger partial charge in [-0.05, 0) is 38.1 Å². The minimum absolute atomic E-state index is 0.113. The van der Waals surface area contributed by atoms with Gasteiger partial charge in [-0.15, -0.1) is 0 Å². The van der Waals surface area contributed by atoms with Crippen molar-refractivity contribution in [2.24, 2.45) is 17.6 Å². The molecule has 5 heteroatoms. The first-order valence-corrected chi connectivity index (χ1v) is 7.48. The lowest BCUT2D eigenvalue weighted by molar-refractivity contribution is -0.187. The molecular weight excluding hydrogens is 253 g/mol. The van der Waals surface area contributed by atoms with Gasteiger partial charge >= 0.3 is 6.18 Å². The van der Waals surface area contributed by atoms with Crippen LogP contribution < -0.4 is 5.73 Å². The van der Waals surface area contributed by atoms with Crippen LogP contribution in [0.25, 0.3) is 0 Å². The van der Waals surface area contributed by atoms with Crippen molar-refractivity contribution in [3.63, 3.8) is 0 Å². The third-order valence-electron chi connectivity index (χ3n) is 4.97. The number of hydrogen-bond acceptors (Lipinski definition) is 2. The van der Waals surface area contributed by atoms with E-state index in [-0.39, 0.29) is 18.5 Å². The minimum Gasteiger partial charge on any atom is -0.327 e. The van der Waals surface area contributed by atoms with Gasteiger partial charge in [0.05, 0.1) is 5.92 Å². The van der Waals surface area contributed by atoms with Gasteiger partial charge in [0.15, 0.2) is 0 Å². The number of alkyl halides is 3. The Morgan fingerprint density at radius 3 is 2.58 bits per heavy atom. The minimum atomic E-state index is -4.02. The summed E-state index contributed by atoms with van der Waals surface area (Å²) >= 11 is 0. The summed E-state index contributed by atoms with van der Waals surface area (Å²) in [6.45, 7) is 3.87. The molecule has 1 heterocycles. The largest absolute Gasteiger partial charge is 0.391 e. The first-order chi connectivity index (χ1) is 8.91. The molecule has 0 spiro atoms. The third kappa shape index (κ3) is 3.63. The zero-order valence-corrected chi connectivity index (χ0v) is 11.6. The van der Waals surface area contributed by atoms with Crippen molar-refractivity contribution >= 4 is 0 Å². The number of likely N-dealkylation sites (tertiary alicyclic amines) is 1. The van der Waals surface area contributed by atoms with E-state index < -0.39 is 12.1 Å². The third-order valence-corrected chi connectivity index (χ3v) is 4.97. The van der Waals surface area contributed by atoms with Crippen LogP contribution in [0.5, 0.6) is 0 Å². The van der Waals surface area contributed by atoms with Crippen LogP contribution in [0.3, 0.4) is 0 Å². The Labute approximate surface area is 113 Å². The Morgan fingerprint density at radius 2 is 1.95 bits per heavy atom. The van der Waals surface area contributed by atoms with E-state index in [1.54, 1.807) is 0 Å². The van der Waals surface area contributed by atoms with Gasteiger partial charge in [0.25, 0.3) is 0 Å². The molecule has 1 aliphatic heterocycles. The summed E-state index contributed by atoms with van der Waals surface area (Å²) in [7, 11) is 0. The van der Waals surface area contributed by atoms with Gasteiger partial charge in [-0.25, -0.2) is 0 Å². The van der Waals surface area contributed by atoms with E-state index in [0.29, 0.717) is 18.8 Å². The molecule has 0 aromatic rings. The number of hydrogen-bond donors (Lipinski definition) is 1. The number of nitrogens with two attached hydrogens (primary N) is 1. The predicted octanol–water partition coefficient (Wildman–Crippen LogP) is 3.17. The van der Waals surface area contributed by atoms with Gasteiger partial charge in [-0.2, -0.15) is 13.2 Å². The highest BCUT2D eigenvalue weighted by Gasteiger charge is 2.43. The SMILES string of the molecule is CCC1CN(C2CCCC(C(F)(F)F)C2)CCC1N. The molecule has 0 amide bonds. The molecule has 0 radical (unpaired) electrons. The Kier molecular flexibility index (Phi) is 4.77. The van der Waals surface area contributed by atoms with Gasteiger partial charge < -0.3 is 5.73 Å². The molecule has 2 rings (SSSR count). The normalized spacial score (nSPS) is 38.4. The Morgan fingerprint density at radius 1 is 1.21 bits per heavy atom. The smallest absolute Gasteiger partial charge is 0.327 e. The zero-order chi connectivity index (χ0) is 14.0. The molecular formula is C14H25F3N2. The number of rotatable bonds is 2. The summed E-state index contributed by atoms with van der Waals surface area (Å²) in [4.78, 5) is 2.27. The number of halogens is 3. The second-order valence-electron chi connectivity index (χ2n) is 6.17. The van der Waals surface area contributed by atoms with Crippen LogP contribution in [0.1, 0.15) is 45.4 Å². The monoisotopic (exact) mass is 278 g/mol. The van der Waals surface area contributed by atoms with Crippen molar-refractivity contribution in [3.05, 3.63) is 0 Å². The van der Waals surface area contributed by atoms with E-state index in [1.807, 2.05) is 0 Å². The highest BCUT2D eigenvalue weighted by molar-refractivity contribution is 4.89. The van der Waals surface area contributed by atoms with Gasteiger partial charge in [-0.1, -0.05) is 19.8 Å². The molecule has 4 atom stereocenters. The average molecular weight is 278 g/mol. The lowest BCUT2D eigenvalue weighted by Gasteiger charge is -2.44. The van der Waals surface area contributed by atoms with Crippen molar-refractivity contribution < 1.29 is 13.2 Å². The molecule has 19 heavy (non-hydrogen) atoms. The van der Waals surface area contributed by atoms with Crippen molar-refractivity contribution in [1.29, 1.82) is 0 Å². The van der Waals surface area contributed by atoms with Gasteiger partial charge in [0.1, 0.15) is 0 Å². The van der Waals surface area contributed by atoms with Crippen LogP contribution in [0.15, 0.2) is 0 Å². The van der Waals surface area contributed by atoms with Crippen molar-refractivity contribution in [3.8, 4) is 0 Å². The van der Waals surface area contributed by atoms with Gasteiger partial charge in [0, 0.05) is 18.6 Å².